The molecule has 0 radical (unpaired) electrons. The van der Waals surface area contributed by atoms with Crippen LogP contribution in [0.1, 0.15) is 19.3 Å². The van der Waals surface area contributed by atoms with Crippen LogP contribution in [0.3, 0.4) is 0 Å². The highest BCUT2D eigenvalue weighted by atomic mass is 35.5. The molecule has 112 valence electrons. The van der Waals surface area contributed by atoms with Crippen LogP contribution in [-0.4, -0.2) is 33.7 Å². The lowest BCUT2D eigenvalue weighted by Gasteiger charge is -2.22. The van der Waals surface area contributed by atoms with Crippen molar-refractivity contribution in [1.82, 2.24) is 20.5 Å². The maximum absolute atomic E-state index is 12.1. The molecule has 1 aromatic heterocycles. The number of carbonyl (C=O) groups is 1. The molecule has 1 atom stereocenters. The third-order valence-electron chi connectivity index (χ3n) is 3.47. The average molecular weight is 308 g/mol. The zero-order valence-corrected chi connectivity index (χ0v) is 12.3. The molecule has 3 rings (SSSR count). The summed E-state index contributed by atoms with van der Waals surface area (Å²) in [6, 6.07) is 7.49. The van der Waals surface area contributed by atoms with Gasteiger partial charge in [-0.25, -0.2) is 4.98 Å². The maximum Gasteiger partial charge on any atom is 0.241 e. The minimum Gasteiger partial charge on any atom is -0.325 e. The molecule has 21 heavy (non-hydrogen) atoms. The molecule has 1 aliphatic rings. The Balaban J connectivity index is 0.00000161. The second kappa shape index (κ2) is 7.19. The van der Waals surface area contributed by atoms with Gasteiger partial charge in [0, 0.05) is 11.3 Å². The van der Waals surface area contributed by atoms with E-state index in [2.05, 4.69) is 25.8 Å². The normalized spacial score (nSPS) is 17.8. The lowest BCUT2D eigenvalue weighted by atomic mass is 10.0. The Hall–Kier alpha value is -1.92. The van der Waals surface area contributed by atoms with Crippen molar-refractivity contribution in [3.05, 3.63) is 30.6 Å². The van der Waals surface area contributed by atoms with E-state index in [1.807, 2.05) is 24.3 Å². The molecule has 1 unspecified atom stereocenters. The quantitative estimate of drug-likeness (QED) is 0.809. The van der Waals surface area contributed by atoms with Gasteiger partial charge in [-0.3, -0.25) is 9.89 Å². The first-order chi connectivity index (χ1) is 9.83. The highest BCUT2D eigenvalue weighted by Gasteiger charge is 2.20. The van der Waals surface area contributed by atoms with Gasteiger partial charge in [-0.1, -0.05) is 6.42 Å². The number of nitrogens with zero attached hydrogens (tertiary/aromatic N) is 2. The van der Waals surface area contributed by atoms with Crippen LogP contribution < -0.4 is 10.6 Å². The van der Waals surface area contributed by atoms with Gasteiger partial charge in [-0.15, -0.1) is 12.4 Å². The first-order valence-corrected chi connectivity index (χ1v) is 6.83. The van der Waals surface area contributed by atoms with Crippen molar-refractivity contribution in [2.75, 3.05) is 11.9 Å². The third-order valence-corrected chi connectivity index (χ3v) is 3.47. The lowest BCUT2D eigenvalue weighted by molar-refractivity contribution is -0.118. The number of aromatic nitrogens is 3. The molecule has 0 bridgehead atoms. The highest BCUT2D eigenvalue weighted by Crippen LogP contribution is 2.18. The van der Waals surface area contributed by atoms with Crippen LogP contribution in [0.4, 0.5) is 5.69 Å². The first-order valence-electron chi connectivity index (χ1n) is 6.83. The van der Waals surface area contributed by atoms with Gasteiger partial charge in [-0.05, 0) is 43.7 Å². The second-order valence-electron chi connectivity index (χ2n) is 4.90. The molecule has 1 amide bonds. The van der Waals surface area contributed by atoms with Gasteiger partial charge >= 0.3 is 0 Å². The molecule has 0 aliphatic carbocycles. The van der Waals surface area contributed by atoms with Crippen molar-refractivity contribution in [3.8, 4) is 11.4 Å². The van der Waals surface area contributed by atoms with Crippen molar-refractivity contribution in [1.29, 1.82) is 0 Å². The van der Waals surface area contributed by atoms with Gasteiger partial charge in [0.1, 0.15) is 6.33 Å². The predicted molar refractivity (Wildman–Crippen MR) is 83.3 cm³/mol. The standard InChI is InChI=1S/C14H17N5O.ClH/c20-14(12-3-1-2-8-15-12)18-11-6-4-10(5-7-11)13-16-9-17-19-13;/h4-7,9,12,15H,1-3,8H2,(H,18,20)(H,16,17,19);1H. The van der Waals surface area contributed by atoms with Gasteiger partial charge in [-0.2, -0.15) is 5.10 Å². The fraction of sp³-hybridized carbons (Fsp3) is 0.357. The number of hydrogen-bond donors (Lipinski definition) is 3. The fourth-order valence-corrected chi connectivity index (χ4v) is 2.36. The topological polar surface area (TPSA) is 82.7 Å². The number of halogens is 1. The molecule has 3 N–H and O–H groups in total. The van der Waals surface area contributed by atoms with Crippen LogP contribution in [0.15, 0.2) is 30.6 Å². The smallest absolute Gasteiger partial charge is 0.241 e. The second-order valence-corrected chi connectivity index (χ2v) is 4.90. The van der Waals surface area contributed by atoms with Gasteiger partial charge < -0.3 is 10.6 Å². The molecule has 0 saturated carbocycles. The number of nitrogens with one attached hydrogen (secondary N) is 3. The van der Waals surface area contributed by atoms with E-state index < -0.39 is 0 Å². The van der Waals surface area contributed by atoms with Crippen molar-refractivity contribution < 1.29 is 4.79 Å². The van der Waals surface area contributed by atoms with Crippen LogP contribution in [0.2, 0.25) is 0 Å². The Kier molecular flexibility index (Phi) is 5.30. The molecule has 6 nitrogen and oxygen atoms in total. The Morgan fingerprint density at radius 1 is 1.24 bits per heavy atom. The van der Waals surface area contributed by atoms with E-state index in [4.69, 9.17) is 0 Å². The molecule has 1 fully saturated rings. The zero-order valence-electron chi connectivity index (χ0n) is 11.5. The monoisotopic (exact) mass is 307 g/mol. The largest absolute Gasteiger partial charge is 0.325 e. The summed E-state index contributed by atoms with van der Waals surface area (Å²) < 4.78 is 0. The van der Waals surface area contributed by atoms with E-state index in [9.17, 15) is 4.79 Å². The van der Waals surface area contributed by atoms with E-state index in [1.165, 1.54) is 6.33 Å². The van der Waals surface area contributed by atoms with Gasteiger partial charge in [0.2, 0.25) is 5.91 Å². The number of piperidine rings is 1. The number of carbonyl (C=O) groups excluding carboxylic acids is 1. The van der Waals surface area contributed by atoms with Crippen LogP contribution in [-0.2, 0) is 4.79 Å². The number of H-pyrrole nitrogens is 1. The Morgan fingerprint density at radius 3 is 2.67 bits per heavy atom. The summed E-state index contributed by atoms with van der Waals surface area (Å²) in [5.41, 5.74) is 1.74. The molecular weight excluding hydrogens is 290 g/mol. The predicted octanol–water partition coefficient (Wildman–Crippen LogP) is 1.97. The molecule has 1 aliphatic heterocycles. The van der Waals surface area contributed by atoms with E-state index in [1.54, 1.807) is 0 Å². The maximum atomic E-state index is 12.1. The van der Waals surface area contributed by atoms with Gasteiger partial charge in [0.05, 0.1) is 6.04 Å². The molecule has 7 heteroatoms. The van der Waals surface area contributed by atoms with Crippen molar-refractivity contribution in [3.63, 3.8) is 0 Å². The summed E-state index contributed by atoms with van der Waals surface area (Å²) in [4.78, 5) is 16.2. The fourth-order valence-electron chi connectivity index (χ4n) is 2.36. The number of rotatable bonds is 3. The van der Waals surface area contributed by atoms with Crippen LogP contribution in [0.5, 0.6) is 0 Å². The lowest BCUT2D eigenvalue weighted by Crippen LogP contribution is -2.43. The summed E-state index contributed by atoms with van der Waals surface area (Å²) in [5.74, 6) is 0.758. The van der Waals surface area contributed by atoms with Crippen molar-refractivity contribution >= 4 is 24.0 Å². The minimum absolute atomic E-state index is 0. The Labute approximate surface area is 129 Å². The first kappa shape index (κ1) is 15.5. The highest BCUT2D eigenvalue weighted by molar-refractivity contribution is 5.95. The molecule has 0 spiro atoms. The number of anilines is 1. The van der Waals surface area contributed by atoms with Gasteiger partial charge in [0.25, 0.3) is 0 Å². The van der Waals surface area contributed by atoms with E-state index in [0.717, 1.165) is 42.9 Å². The van der Waals surface area contributed by atoms with Crippen LogP contribution >= 0.6 is 12.4 Å². The van der Waals surface area contributed by atoms with Crippen molar-refractivity contribution in [2.45, 2.75) is 25.3 Å². The van der Waals surface area contributed by atoms with Crippen LogP contribution in [0.25, 0.3) is 11.4 Å². The van der Waals surface area contributed by atoms with Gasteiger partial charge in [0.15, 0.2) is 5.82 Å². The summed E-state index contributed by atoms with van der Waals surface area (Å²) >= 11 is 0. The number of hydrogen-bond acceptors (Lipinski definition) is 4. The molecule has 2 heterocycles. The summed E-state index contributed by atoms with van der Waals surface area (Å²) in [6.45, 7) is 0.919. The number of aromatic amines is 1. The summed E-state index contributed by atoms with van der Waals surface area (Å²) in [7, 11) is 0. The zero-order chi connectivity index (χ0) is 13.8. The molecule has 1 aromatic carbocycles. The summed E-state index contributed by atoms with van der Waals surface area (Å²) in [6.07, 6.45) is 4.63. The molecule has 1 saturated heterocycles. The SMILES string of the molecule is Cl.O=C(Nc1ccc(-c2ncn[nH]2)cc1)C1CCCCN1. The van der Waals surface area contributed by atoms with E-state index in [-0.39, 0.29) is 24.4 Å². The minimum atomic E-state index is -0.0716. The summed E-state index contributed by atoms with van der Waals surface area (Å²) in [5, 5.41) is 12.8. The average Bonchev–Trinajstić information content (AvgIpc) is 3.03. The van der Waals surface area contributed by atoms with E-state index >= 15 is 0 Å². The Morgan fingerprint density at radius 2 is 2.05 bits per heavy atom. The molecular formula is C14H18ClN5O. The third kappa shape index (κ3) is 3.80. The number of benzene rings is 1. The molecule has 2 aromatic rings. The Bertz CT molecular complexity index is 564. The van der Waals surface area contributed by atoms with E-state index in [0.29, 0.717) is 0 Å². The number of amides is 1. The van der Waals surface area contributed by atoms with Crippen LogP contribution in [0, 0.1) is 0 Å². The van der Waals surface area contributed by atoms with Crippen molar-refractivity contribution in [2.24, 2.45) is 0 Å².